The average Bonchev–Trinajstić information content (AvgIpc) is 2.34. The average molecular weight is 211 g/mol. The SMILES string of the molecule is Cc1cc(Br)c2nccn2c1. The van der Waals surface area contributed by atoms with Crippen LogP contribution in [0.2, 0.25) is 0 Å². The number of fused-ring (bicyclic) bond motifs is 1. The monoisotopic (exact) mass is 210 g/mol. The zero-order valence-corrected chi connectivity index (χ0v) is 7.67. The largest absolute Gasteiger partial charge is 0.306 e. The molecule has 0 fully saturated rings. The molecule has 0 aliphatic carbocycles. The molecule has 2 aromatic heterocycles. The van der Waals surface area contributed by atoms with Crippen LogP contribution in [-0.2, 0) is 0 Å². The van der Waals surface area contributed by atoms with Gasteiger partial charge >= 0.3 is 0 Å². The Kier molecular flexibility index (Phi) is 1.46. The highest BCUT2D eigenvalue weighted by Crippen LogP contribution is 2.17. The van der Waals surface area contributed by atoms with E-state index in [1.807, 2.05) is 16.8 Å². The van der Waals surface area contributed by atoms with E-state index in [2.05, 4.69) is 33.9 Å². The fourth-order valence-corrected chi connectivity index (χ4v) is 1.79. The molecule has 11 heavy (non-hydrogen) atoms. The number of hydrogen-bond donors (Lipinski definition) is 0. The molecular weight excluding hydrogens is 204 g/mol. The first-order chi connectivity index (χ1) is 5.27. The maximum atomic E-state index is 4.18. The second-order valence-electron chi connectivity index (χ2n) is 2.52. The first kappa shape index (κ1) is 6.85. The highest BCUT2D eigenvalue weighted by atomic mass is 79.9. The van der Waals surface area contributed by atoms with Crippen molar-refractivity contribution in [3.8, 4) is 0 Å². The molecule has 0 bridgehead atoms. The number of halogens is 1. The normalized spacial score (nSPS) is 10.7. The molecule has 0 N–H and O–H groups in total. The molecular formula is C8H7BrN2. The summed E-state index contributed by atoms with van der Waals surface area (Å²) in [5, 5.41) is 0. The molecule has 0 atom stereocenters. The molecule has 2 nitrogen and oxygen atoms in total. The number of nitrogens with zero attached hydrogens (tertiary/aromatic N) is 2. The summed E-state index contributed by atoms with van der Waals surface area (Å²) in [5.41, 5.74) is 2.19. The van der Waals surface area contributed by atoms with E-state index in [0.717, 1.165) is 10.1 Å². The molecule has 56 valence electrons. The molecule has 3 heteroatoms. The maximum Gasteiger partial charge on any atom is 0.151 e. The number of pyridine rings is 1. The van der Waals surface area contributed by atoms with E-state index >= 15 is 0 Å². The van der Waals surface area contributed by atoms with Crippen LogP contribution >= 0.6 is 15.9 Å². The highest BCUT2D eigenvalue weighted by molar-refractivity contribution is 9.10. The van der Waals surface area contributed by atoms with Gasteiger partial charge in [-0.1, -0.05) is 0 Å². The van der Waals surface area contributed by atoms with E-state index in [9.17, 15) is 0 Å². The molecule has 2 rings (SSSR count). The third-order valence-corrected chi connectivity index (χ3v) is 2.16. The number of aryl methyl sites for hydroxylation is 1. The van der Waals surface area contributed by atoms with E-state index in [4.69, 9.17) is 0 Å². The standard InChI is InChI=1S/C8H7BrN2/c1-6-4-7(9)8-10-2-3-11(8)5-6/h2-5H,1H3. The lowest BCUT2D eigenvalue weighted by Crippen LogP contribution is -1.85. The molecule has 2 aromatic rings. The lowest BCUT2D eigenvalue weighted by atomic mass is 10.3. The van der Waals surface area contributed by atoms with Crippen LogP contribution in [0.3, 0.4) is 0 Å². The van der Waals surface area contributed by atoms with Gasteiger partial charge in [-0.15, -0.1) is 0 Å². The van der Waals surface area contributed by atoms with Crippen molar-refractivity contribution < 1.29 is 0 Å². The Morgan fingerprint density at radius 3 is 3.18 bits per heavy atom. The fourth-order valence-electron chi connectivity index (χ4n) is 1.12. The van der Waals surface area contributed by atoms with Gasteiger partial charge in [-0.3, -0.25) is 0 Å². The predicted octanol–water partition coefficient (Wildman–Crippen LogP) is 2.41. The smallest absolute Gasteiger partial charge is 0.151 e. The van der Waals surface area contributed by atoms with Gasteiger partial charge in [0.15, 0.2) is 5.65 Å². The van der Waals surface area contributed by atoms with Crippen LogP contribution in [0.25, 0.3) is 5.65 Å². The summed E-state index contributed by atoms with van der Waals surface area (Å²) < 4.78 is 3.04. The van der Waals surface area contributed by atoms with E-state index in [0.29, 0.717) is 0 Å². The van der Waals surface area contributed by atoms with Gasteiger partial charge in [-0.25, -0.2) is 4.98 Å². The topological polar surface area (TPSA) is 17.3 Å². The first-order valence-electron chi connectivity index (χ1n) is 3.36. The van der Waals surface area contributed by atoms with Crippen molar-refractivity contribution in [2.45, 2.75) is 6.92 Å². The summed E-state index contributed by atoms with van der Waals surface area (Å²) >= 11 is 3.44. The molecule has 0 saturated carbocycles. The third-order valence-electron chi connectivity index (χ3n) is 1.58. The van der Waals surface area contributed by atoms with Crippen LogP contribution in [0.1, 0.15) is 5.56 Å². The van der Waals surface area contributed by atoms with Crippen molar-refractivity contribution in [3.05, 3.63) is 34.7 Å². The van der Waals surface area contributed by atoms with Crippen molar-refractivity contribution in [1.82, 2.24) is 9.38 Å². The van der Waals surface area contributed by atoms with Crippen LogP contribution in [0, 0.1) is 6.92 Å². The lowest BCUT2D eigenvalue weighted by molar-refractivity contribution is 1.15. The Morgan fingerprint density at radius 1 is 1.55 bits per heavy atom. The number of imidazole rings is 1. The molecule has 0 unspecified atom stereocenters. The fraction of sp³-hybridized carbons (Fsp3) is 0.125. The Hall–Kier alpha value is -0.830. The number of hydrogen-bond acceptors (Lipinski definition) is 1. The number of aromatic nitrogens is 2. The summed E-state index contributed by atoms with van der Waals surface area (Å²) in [7, 11) is 0. The number of rotatable bonds is 0. The second-order valence-corrected chi connectivity index (χ2v) is 3.38. The van der Waals surface area contributed by atoms with Crippen LogP contribution in [0.15, 0.2) is 29.1 Å². The van der Waals surface area contributed by atoms with Gasteiger partial charge in [-0.2, -0.15) is 0 Å². The van der Waals surface area contributed by atoms with Gasteiger partial charge in [0.1, 0.15) is 0 Å². The predicted molar refractivity (Wildman–Crippen MR) is 47.6 cm³/mol. The Bertz CT molecular complexity index is 392. The Balaban J connectivity index is 2.91. The van der Waals surface area contributed by atoms with Crippen molar-refractivity contribution >= 4 is 21.6 Å². The van der Waals surface area contributed by atoms with Gasteiger partial charge in [0.2, 0.25) is 0 Å². The minimum absolute atomic E-state index is 0.968. The molecule has 0 amide bonds. The molecule has 0 aliphatic heterocycles. The van der Waals surface area contributed by atoms with E-state index in [1.165, 1.54) is 5.56 Å². The minimum atomic E-state index is 0.968. The first-order valence-corrected chi connectivity index (χ1v) is 4.15. The molecule has 0 aromatic carbocycles. The van der Waals surface area contributed by atoms with Crippen molar-refractivity contribution in [1.29, 1.82) is 0 Å². The van der Waals surface area contributed by atoms with Gasteiger partial charge in [0, 0.05) is 18.6 Å². The minimum Gasteiger partial charge on any atom is -0.306 e. The second kappa shape index (κ2) is 2.34. The third kappa shape index (κ3) is 1.05. The van der Waals surface area contributed by atoms with Crippen molar-refractivity contribution in [2.75, 3.05) is 0 Å². The summed E-state index contributed by atoms with van der Waals surface area (Å²) in [4.78, 5) is 4.18. The van der Waals surface area contributed by atoms with Gasteiger partial charge in [-0.05, 0) is 34.5 Å². The summed E-state index contributed by atoms with van der Waals surface area (Å²) in [6, 6.07) is 2.06. The quantitative estimate of drug-likeness (QED) is 0.653. The summed E-state index contributed by atoms with van der Waals surface area (Å²) in [5.74, 6) is 0. The molecule has 2 heterocycles. The molecule has 0 spiro atoms. The van der Waals surface area contributed by atoms with Crippen molar-refractivity contribution in [3.63, 3.8) is 0 Å². The van der Waals surface area contributed by atoms with Crippen LogP contribution in [0.5, 0.6) is 0 Å². The summed E-state index contributed by atoms with van der Waals surface area (Å²) in [6.45, 7) is 2.06. The van der Waals surface area contributed by atoms with Gasteiger partial charge in [0.25, 0.3) is 0 Å². The van der Waals surface area contributed by atoms with Crippen LogP contribution in [-0.4, -0.2) is 9.38 Å². The zero-order chi connectivity index (χ0) is 7.84. The van der Waals surface area contributed by atoms with Crippen LogP contribution in [0.4, 0.5) is 0 Å². The van der Waals surface area contributed by atoms with Crippen molar-refractivity contribution in [2.24, 2.45) is 0 Å². The molecule has 0 radical (unpaired) electrons. The van der Waals surface area contributed by atoms with Gasteiger partial charge < -0.3 is 4.40 Å². The van der Waals surface area contributed by atoms with E-state index < -0.39 is 0 Å². The summed E-state index contributed by atoms with van der Waals surface area (Å²) in [6.07, 6.45) is 5.78. The van der Waals surface area contributed by atoms with E-state index in [-0.39, 0.29) is 0 Å². The zero-order valence-electron chi connectivity index (χ0n) is 6.08. The maximum absolute atomic E-state index is 4.18. The van der Waals surface area contributed by atoms with E-state index in [1.54, 1.807) is 6.20 Å². The van der Waals surface area contributed by atoms with Gasteiger partial charge in [0.05, 0.1) is 4.47 Å². The highest BCUT2D eigenvalue weighted by Gasteiger charge is 1.98. The lowest BCUT2D eigenvalue weighted by Gasteiger charge is -1.97. The molecule has 0 aliphatic rings. The van der Waals surface area contributed by atoms with Crippen LogP contribution < -0.4 is 0 Å². The molecule has 0 saturated heterocycles. The Labute approximate surface area is 73.0 Å². The Morgan fingerprint density at radius 2 is 2.36 bits per heavy atom.